The summed E-state index contributed by atoms with van der Waals surface area (Å²) in [5.74, 6) is -0.371. The van der Waals surface area contributed by atoms with Gasteiger partial charge in [0.1, 0.15) is 5.02 Å². The number of halogens is 3. The van der Waals surface area contributed by atoms with Crippen molar-refractivity contribution in [2.75, 3.05) is 0 Å². The van der Waals surface area contributed by atoms with Gasteiger partial charge < -0.3 is 9.15 Å². The fourth-order valence-corrected chi connectivity index (χ4v) is 1.77. The average molecular weight is 336 g/mol. The molecule has 1 heterocycles. The van der Waals surface area contributed by atoms with Crippen molar-refractivity contribution in [3.05, 3.63) is 50.8 Å². The van der Waals surface area contributed by atoms with Gasteiger partial charge in [0, 0.05) is 0 Å². The molecule has 0 atom stereocenters. The second-order valence-corrected chi connectivity index (χ2v) is 4.61. The zero-order valence-corrected chi connectivity index (χ0v) is 11.3. The topological polar surface area (TPSA) is 39.4 Å². The van der Waals surface area contributed by atoms with Gasteiger partial charge in [0.2, 0.25) is 5.76 Å². The molecule has 0 amide bonds. The molecule has 0 aliphatic heterocycles. The molecule has 0 aliphatic rings. The van der Waals surface area contributed by atoms with Gasteiger partial charge in [0.15, 0.2) is 10.4 Å². The number of benzene rings is 1. The fourth-order valence-electron chi connectivity index (χ4n) is 1.14. The van der Waals surface area contributed by atoms with E-state index in [2.05, 4.69) is 15.9 Å². The van der Waals surface area contributed by atoms with Crippen molar-refractivity contribution in [2.24, 2.45) is 0 Å². The van der Waals surface area contributed by atoms with Gasteiger partial charge in [-0.1, -0.05) is 29.3 Å². The molecule has 2 aromatic rings. The summed E-state index contributed by atoms with van der Waals surface area (Å²) >= 11 is 14.8. The lowest BCUT2D eigenvalue weighted by atomic mass is 10.3. The van der Waals surface area contributed by atoms with Gasteiger partial charge in [-0.25, -0.2) is 4.79 Å². The van der Waals surface area contributed by atoms with Crippen LogP contribution in [0.1, 0.15) is 10.6 Å². The summed E-state index contributed by atoms with van der Waals surface area (Å²) in [6.07, 6.45) is 0. The Hall–Kier alpha value is -0.970. The maximum Gasteiger partial charge on any atom is 0.379 e. The first kappa shape index (κ1) is 12.5. The van der Waals surface area contributed by atoms with Crippen LogP contribution in [0.3, 0.4) is 0 Å². The number of esters is 1. The Bertz CT molecular complexity index is 566. The number of hydrogen-bond donors (Lipinski definition) is 0. The molecule has 1 aromatic carbocycles. The smallest absolute Gasteiger partial charge is 0.379 e. The van der Waals surface area contributed by atoms with Gasteiger partial charge in [-0.15, -0.1) is 0 Å². The van der Waals surface area contributed by atoms with Crippen LogP contribution in [0.15, 0.2) is 39.4 Å². The summed E-state index contributed by atoms with van der Waals surface area (Å²) < 4.78 is 10.6. The van der Waals surface area contributed by atoms with Crippen molar-refractivity contribution in [2.45, 2.75) is 0 Å². The van der Waals surface area contributed by atoms with E-state index in [0.717, 1.165) is 0 Å². The third-order valence-corrected chi connectivity index (χ3v) is 3.12. The highest BCUT2D eigenvalue weighted by atomic mass is 79.9. The number of hydrogen-bond acceptors (Lipinski definition) is 3. The molecule has 0 saturated carbocycles. The third-order valence-electron chi connectivity index (χ3n) is 1.89. The van der Waals surface area contributed by atoms with E-state index in [1.807, 2.05) is 0 Å². The molecule has 0 radical (unpaired) electrons. The zero-order chi connectivity index (χ0) is 12.4. The van der Waals surface area contributed by atoms with Crippen molar-refractivity contribution in [1.29, 1.82) is 0 Å². The Kier molecular flexibility index (Phi) is 3.76. The normalized spacial score (nSPS) is 10.3. The lowest BCUT2D eigenvalue weighted by Gasteiger charge is -2.05. The molecular weight excluding hydrogens is 331 g/mol. The van der Waals surface area contributed by atoms with E-state index in [-0.39, 0.29) is 16.5 Å². The molecule has 0 N–H and O–H groups in total. The molecule has 0 aliphatic carbocycles. The van der Waals surface area contributed by atoms with Crippen LogP contribution in [0.5, 0.6) is 5.75 Å². The minimum absolute atomic E-state index is 0.0768. The predicted octanol–water partition coefficient (Wildman–Crippen LogP) is 4.57. The summed E-state index contributed by atoms with van der Waals surface area (Å²) in [6, 6.07) is 7.87. The van der Waals surface area contributed by atoms with Crippen LogP contribution in [-0.4, -0.2) is 5.97 Å². The number of carbonyl (C=O) groups is 1. The molecule has 0 spiro atoms. The molecule has 88 valence electrons. The molecule has 2 rings (SSSR count). The Balaban J connectivity index is 2.21. The van der Waals surface area contributed by atoms with Gasteiger partial charge >= 0.3 is 5.97 Å². The highest BCUT2D eigenvalue weighted by Crippen LogP contribution is 2.32. The van der Waals surface area contributed by atoms with E-state index in [4.69, 9.17) is 32.4 Å². The van der Waals surface area contributed by atoms with Gasteiger partial charge in [0.05, 0.1) is 5.02 Å². The summed E-state index contributed by atoms with van der Waals surface area (Å²) in [6.45, 7) is 0. The van der Waals surface area contributed by atoms with Crippen molar-refractivity contribution >= 4 is 45.1 Å². The standard InChI is InChI=1S/C11H5BrCl2O3/c12-9-5-4-8(16-9)11(15)17-7-3-1-2-6(13)10(7)14/h1-5H. The van der Waals surface area contributed by atoms with E-state index < -0.39 is 5.97 Å². The first-order valence-corrected chi connectivity index (χ1v) is 6.04. The van der Waals surface area contributed by atoms with Crippen molar-refractivity contribution in [1.82, 2.24) is 0 Å². The van der Waals surface area contributed by atoms with Gasteiger partial charge in [-0.2, -0.15) is 0 Å². The summed E-state index contributed by atoms with van der Waals surface area (Å²) in [5.41, 5.74) is 0. The Labute approximate surface area is 115 Å². The van der Waals surface area contributed by atoms with Crippen LogP contribution in [0.2, 0.25) is 10.0 Å². The summed E-state index contributed by atoms with van der Waals surface area (Å²) in [4.78, 5) is 11.7. The molecule has 0 fully saturated rings. The molecule has 3 nitrogen and oxygen atoms in total. The molecule has 6 heteroatoms. The van der Waals surface area contributed by atoms with Crippen molar-refractivity contribution < 1.29 is 13.9 Å². The predicted molar refractivity (Wildman–Crippen MR) is 67.8 cm³/mol. The lowest BCUT2D eigenvalue weighted by molar-refractivity contribution is 0.0700. The minimum atomic E-state index is -0.639. The molecule has 17 heavy (non-hydrogen) atoms. The maximum atomic E-state index is 11.7. The Morgan fingerprint density at radius 2 is 2.00 bits per heavy atom. The first-order valence-electron chi connectivity index (χ1n) is 4.49. The second-order valence-electron chi connectivity index (χ2n) is 3.05. The first-order chi connectivity index (χ1) is 8.08. The van der Waals surface area contributed by atoms with E-state index in [1.54, 1.807) is 24.3 Å². The van der Waals surface area contributed by atoms with Crippen molar-refractivity contribution in [3.63, 3.8) is 0 Å². The number of carbonyl (C=O) groups excluding carboxylic acids is 1. The number of furan rings is 1. The van der Waals surface area contributed by atoms with E-state index in [1.165, 1.54) is 6.07 Å². The monoisotopic (exact) mass is 334 g/mol. The molecule has 0 unspecified atom stereocenters. The average Bonchev–Trinajstić information content (AvgIpc) is 2.72. The summed E-state index contributed by atoms with van der Waals surface area (Å²) in [5, 5.41) is 0.505. The fraction of sp³-hybridized carbons (Fsp3) is 0. The summed E-state index contributed by atoms with van der Waals surface area (Å²) in [7, 11) is 0. The van der Waals surface area contributed by atoms with E-state index in [0.29, 0.717) is 9.69 Å². The van der Waals surface area contributed by atoms with Crippen LogP contribution in [0.4, 0.5) is 0 Å². The largest absolute Gasteiger partial charge is 0.442 e. The van der Waals surface area contributed by atoms with Crippen LogP contribution >= 0.6 is 39.1 Å². The van der Waals surface area contributed by atoms with Gasteiger partial charge in [-0.3, -0.25) is 0 Å². The van der Waals surface area contributed by atoms with Gasteiger partial charge in [-0.05, 0) is 40.2 Å². The molecule has 1 aromatic heterocycles. The number of ether oxygens (including phenoxy) is 1. The Morgan fingerprint density at radius 3 is 2.65 bits per heavy atom. The molecule has 0 bridgehead atoms. The SMILES string of the molecule is O=C(Oc1cccc(Cl)c1Cl)c1ccc(Br)o1. The van der Waals surface area contributed by atoms with E-state index in [9.17, 15) is 4.79 Å². The second kappa shape index (κ2) is 5.12. The highest BCUT2D eigenvalue weighted by Gasteiger charge is 2.15. The van der Waals surface area contributed by atoms with Crippen LogP contribution in [0, 0.1) is 0 Å². The Morgan fingerprint density at radius 1 is 1.24 bits per heavy atom. The van der Waals surface area contributed by atoms with Gasteiger partial charge in [0.25, 0.3) is 0 Å². The third kappa shape index (κ3) is 2.83. The zero-order valence-electron chi connectivity index (χ0n) is 8.25. The quantitative estimate of drug-likeness (QED) is 0.596. The van der Waals surface area contributed by atoms with Crippen LogP contribution in [0.25, 0.3) is 0 Å². The van der Waals surface area contributed by atoms with Crippen molar-refractivity contribution in [3.8, 4) is 5.75 Å². The van der Waals surface area contributed by atoms with E-state index >= 15 is 0 Å². The molecule has 0 saturated heterocycles. The number of rotatable bonds is 2. The van der Waals surface area contributed by atoms with Crippen LogP contribution < -0.4 is 4.74 Å². The maximum absolute atomic E-state index is 11.7. The minimum Gasteiger partial charge on any atom is -0.442 e. The highest BCUT2D eigenvalue weighted by molar-refractivity contribution is 9.10. The molecular formula is C11H5BrCl2O3. The lowest BCUT2D eigenvalue weighted by Crippen LogP contribution is -2.07. The van der Waals surface area contributed by atoms with Crippen LogP contribution in [-0.2, 0) is 0 Å².